The zero-order valence-electron chi connectivity index (χ0n) is 14.0. The summed E-state index contributed by atoms with van der Waals surface area (Å²) in [5.74, 6) is -0.603. The van der Waals surface area contributed by atoms with Crippen LogP contribution in [0.3, 0.4) is 0 Å². The lowest BCUT2D eigenvalue weighted by molar-refractivity contribution is -0.131. The van der Waals surface area contributed by atoms with E-state index in [-0.39, 0.29) is 17.5 Å². The summed E-state index contributed by atoms with van der Waals surface area (Å²) in [6, 6.07) is 11.3. The van der Waals surface area contributed by atoms with Gasteiger partial charge in [-0.25, -0.2) is 8.78 Å². The van der Waals surface area contributed by atoms with Gasteiger partial charge in [0, 0.05) is 5.75 Å². The van der Waals surface area contributed by atoms with Crippen LogP contribution in [0.4, 0.5) is 8.78 Å². The standard InChI is InChI=1S/C18H18F2N2O3S/c1-12(25-16-8-6-15(20)7-9-16)18(24)22-21-17(23)11-26-10-13-2-4-14(19)5-3-13/h2-9,12H,10-11H2,1H3,(H,21,23)(H,22,24)/t12-/m1/s1. The highest BCUT2D eigenvalue weighted by Crippen LogP contribution is 2.13. The number of hydrogen-bond donors (Lipinski definition) is 2. The third-order valence-electron chi connectivity index (χ3n) is 3.24. The lowest BCUT2D eigenvalue weighted by Crippen LogP contribution is -2.47. The van der Waals surface area contributed by atoms with Gasteiger partial charge in [-0.05, 0) is 48.9 Å². The van der Waals surface area contributed by atoms with E-state index in [1.165, 1.54) is 55.1 Å². The molecule has 2 rings (SSSR count). The Morgan fingerprint density at radius 2 is 1.58 bits per heavy atom. The quantitative estimate of drug-likeness (QED) is 0.725. The maximum Gasteiger partial charge on any atom is 0.279 e. The largest absolute Gasteiger partial charge is 0.481 e. The highest BCUT2D eigenvalue weighted by atomic mass is 32.2. The van der Waals surface area contributed by atoms with Crippen molar-refractivity contribution >= 4 is 23.6 Å². The van der Waals surface area contributed by atoms with Crippen LogP contribution in [-0.4, -0.2) is 23.7 Å². The van der Waals surface area contributed by atoms with Crippen molar-refractivity contribution in [2.24, 2.45) is 0 Å². The zero-order chi connectivity index (χ0) is 18.9. The van der Waals surface area contributed by atoms with E-state index in [4.69, 9.17) is 4.74 Å². The van der Waals surface area contributed by atoms with Crippen LogP contribution in [0, 0.1) is 11.6 Å². The van der Waals surface area contributed by atoms with Gasteiger partial charge in [0.05, 0.1) is 5.75 Å². The van der Waals surface area contributed by atoms with Gasteiger partial charge in [-0.1, -0.05) is 12.1 Å². The van der Waals surface area contributed by atoms with Crippen LogP contribution in [0.1, 0.15) is 12.5 Å². The fraction of sp³-hybridized carbons (Fsp3) is 0.222. The Bertz CT molecular complexity index is 739. The van der Waals surface area contributed by atoms with E-state index in [1.54, 1.807) is 12.1 Å². The first-order valence-electron chi connectivity index (χ1n) is 7.77. The third-order valence-corrected chi connectivity index (χ3v) is 4.24. The van der Waals surface area contributed by atoms with Gasteiger partial charge < -0.3 is 4.74 Å². The van der Waals surface area contributed by atoms with E-state index >= 15 is 0 Å². The number of ether oxygens (including phenoxy) is 1. The van der Waals surface area contributed by atoms with Crippen LogP contribution in [-0.2, 0) is 15.3 Å². The molecule has 2 aromatic rings. The van der Waals surface area contributed by atoms with Crippen LogP contribution < -0.4 is 15.6 Å². The van der Waals surface area contributed by atoms with E-state index in [9.17, 15) is 18.4 Å². The Morgan fingerprint density at radius 1 is 1.00 bits per heavy atom. The normalized spacial score (nSPS) is 11.5. The molecule has 0 spiro atoms. The van der Waals surface area contributed by atoms with E-state index in [1.807, 2.05) is 0 Å². The number of hydrogen-bond acceptors (Lipinski definition) is 4. The van der Waals surface area contributed by atoms with Crippen molar-refractivity contribution in [3.8, 4) is 5.75 Å². The number of halogens is 2. The van der Waals surface area contributed by atoms with Crippen molar-refractivity contribution in [1.29, 1.82) is 0 Å². The van der Waals surface area contributed by atoms with Crippen LogP contribution in [0.15, 0.2) is 48.5 Å². The number of thioether (sulfide) groups is 1. The first-order valence-corrected chi connectivity index (χ1v) is 8.92. The van der Waals surface area contributed by atoms with Gasteiger partial charge in [-0.15, -0.1) is 11.8 Å². The van der Waals surface area contributed by atoms with Gasteiger partial charge in [-0.2, -0.15) is 0 Å². The molecular weight excluding hydrogens is 362 g/mol. The molecule has 0 radical (unpaired) electrons. The second-order valence-electron chi connectivity index (χ2n) is 5.37. The minimum Gasteiger partial charge on any atom is -0.481 e. The maximum atomic E-state index is 12.8. The summed E-state index contributed by atoms with van der Waals surface area (Å²) in [4.78, 5) is 23.6. The highest BCUT2D eigenvalue weighted by molar-refractivity contribution is 7.99. The second kappa shape index (κ2) is 9.76. The van der Waals surface area contributed by atoms with E-state index < -0.39 is 17.8 Å². The lowest BCUT2D eigenvalue weighted by Gasteiger charge is -2.15. The third kappa shape index (κ3) is 6.72. The first kappa shape index (κ1) is 19.7. The van der Waals surface area contributed by atoms with Crippen LogP contribution in [0.5, 0.6) is 5.75 Å². The molecule has 0 saturated heterocycles. The molecule has 0 aliphatic carbocycles. The van der Waals surface area contributed by atoms with Crippen molar-refractivity contribution < 1.29 is 23.1 Å². The molecule has 1 atom stereocenters. The molecule has 2 amide bonds. The Labute approximate surface area is 154 Å². The second-order valence-corrected chi connectivity index (χ2v) is 6.36. The topological polar surface area (TPSA) is 67.4 Å². The number of amides is 2. The van der Waals surface area contributed by atoms with Gasteiger partial charge in [-0.3, -0.25) is 20.4 Å². The van der Waals surface area contributed by atoms with Crippen LogP contribution in [0.2, 0.25) is 0 Å². The SMILES string of the molecule is C[C@@H](Oc1ccc(F)cc1)C(=O)NNC(=O)CSCc1ccc(F)cc1. The molecule has 8 heteroatoms. The average Bonchev–Trinajstić information content (AvgIpc) is 2.63. The van der Waals surface area contributed by atoms with Gasteiger partial charge in [0.2, 0.25) is 5.91 Å². The summed E-state index contributed by atoms with van der Waals surface area (Å²) in [5, 5.41) is 0. The number of rotatable bonds is 7. The first-order chi connectivity index (χ1) is 12.4. The fourth-order valence-corrected chi connectivity index (χ4v) is 2.67. The van der Waals surface area contributed by atoms with Crippen molar-refractivity contribution in [3.05, 3.63) is 65.7 Å². The Kier molecular flexibility index (Phi) is 7.40. The molecule has 2 N–H and O–H groups in total. The predicted octanol–water partition coefficient (Wildman–Crippen LogP) is 2.81. The number of carbonyl (C=O) groups is 2. The van der Waals surface area contributed by atoms with Gasteiger partial charge in [0.25, 0.3) is 5.91 Å². The number of hydrazine groups is 1. The van der Waals surface area contributed by atoms with Crippen LogP contribution >= 0.6 is 11.8 Å². The summed E-state index contributed by atoms with van der Waals surface area (Å²) < 4.78 is 31.0. The Balaban J connectivity index is 1.66. The Hall–Kier alpha value is -2.61. The van der Waals surface area contributed by atoms with E-state index in [2.05, 4.69) is 10.9 Å². The van der Waals surface area contributed by atoms with Gasteiger partial charge in [0.1, 0.15) is 17.4 Å². The molecule has 2 aromatic carbocycles. The van der Waals surface area contributed by atoms with E-state index in [0.717, 1.165) is 5.56 Å². The predicted molar refractivity (Wildman–Crippen MR) is 95.3 cm³/mol. The highest BCUT2D eigenvalue weighted by Gasteiger charge is 2.15. The summed E-state index contributed by atoms with van der Waals surface area (Å²) in [7, 11) is 0. The molecule has 0 heterocycles. The summed E-state index contributed by atoms with van der Waals surface area (Å²) in [5.41, 5.74) is 5.46. The molecule has 0 aliphatic rings. The summed E-state index contributed by atoms with van der Waals surface area (Å²) in [6.45, 7) is 1.51. The molecule has 26 heavy (non-hydrogen) atoms. The minimum absolute atomic E-state index is 0.130. The lowest BCUT2D eigenvalue weighted by atomic mass is 10.2. The van der Waals surface area contributed by atoms with Crippen molar-refractivity contribution in [3.63, 3.8) is 0 Å². The average molecular weight is 380 g/mol. The minimum atomic E-state index is -0.868. The molecule has 5 nitrogen and oxygen atoms in total. The molecule has 0 bridgehead atoms. The number of benzene rings is 2. The van der Waals surface area contributed by atoms with Crippen molar-refractivity contribution in [2.45, 2.75) is 18.8 Å². The van der Waals surface area contributed by atoms with E-state index in [0.29, 0.717) is 11.5 Å². The van der Waals surface area contributed by atoms with Crippen molar-refractivity contribution in [1.82, 2.24) is 10.9 Å². The molecule has 0 aliphatic heterocycles. The monoisotopic (exact) mass is 380 g/mol. The van der Waals surface area contributed by atoms with Crippen molar-refractivity contribution in [2.75, 3.05) is 5.75 Å². The summed E-state index contributed by atoms with van der Waals surface area (Å²) >= 11 is 1.33. The van der Waals surface area contributed by atoms with Gasteiger partial charge in [0.15, 0.2) is 6.10 Å². The van der Waals surface area contributed by atoms with Crippen LogP contribution in [0.25, 0.3) is 0 Å². The molecule has 0 aromatic heterocycles. The fourth-order valence-electron chi connectivity index (χ4n) is 1.88. The number of carbonyl (C=O) groups excluding carboxylic acids is 2. The molecule has 0 fully saturated rings. The maximum absolute atomic E-state index is 12.8. The van der Waals surface area contributed by atoms with Gasteiger partial charge >= 0.3 is 0 Å². The molecule has 138 valence electrons. The molecular formula is C18H18F2N2O3S. The molecule has 0 unspecified atom stereocenters. The number of nitrogens with one attached hydrogen (secondary N) is 2. The smallest absolute Gasteiger partial charge is 0.279 e. The molecule has 0 saturated carbocycles. The Morgan fingerprint density at radius 3 is 2.19 bits per heavy atom. The summed E-state index contributed by atoms with van der Waals surface area (Å²) in [6.07, 6.45) is -0.868. The zero-order valence-corrected chi connectivity index (χ0v) is 14.8.